The number of nitrogens with two attached hydrogens (primary N) is 1. The topological polar surface area (TPSA) is 157 Å². The van der Waals surface area contributed by atoms with Crippen LogP contribution in [-0.2, 0) is 4.79 Å². The van der Waals surface area contributed by atoms with Gasteiger partial charge in [-0.05, 0) is 49.7 Å². The average Bonchev–Trinajstić information content (AvgIpc) is 3.15. The standard InChI is InChI=1S/C22H23Cl2N7O4/c1-12-27-29-22(31(12)25)30-28-15(11-19(33)13-3-7-18(32)20(9-13)35-2)5-8-21(34)26-17-6-4-14(23)10-16(17)24/h3-4,6-7,9-10,32H,5,8,11,25H2,1-2H3,(H,26,34)(H,29,30)/b28-15+. The Morgan fingerprint density at radius 2 is 1.94 bits per heavy atom. The number of hydrogen-bond donors (Lipinski definition) is 4. The molecular formula is C22H23Cl2N7O4. The molecule has 1 heterocycles. The van der Waals surface area contributed by atoms with Crippen LogP contribution < -0.4 is 21.3 Å². The first-order valence-corrected chi connectivity index (χ1v) is 11.1. The van der Waals surface area contributed by atoms with Crippen molar-refractivity contribution in [3.8, 4) is 11.5 Å². The Bertz CT molecular complexity index is 1280. The first-order valence-electron chi connectivity index (χ1n) is 10.3. The van der Waals surface area contributed by atoms with Crippen LogP contribution in [0.25, 0.3) is 0 Å². The second-order valence-corrected chi connectivity index (χ2v) is 8.23. The predicted molar refractivity (Wildman–Crippen MR) is 134 cm³/mol. The highest BCUT2D eigenvalue weighted by atomic mass is 35.5. The summed E-state index contributed by atoms with van der Waals surface area (Å²) < 4.78 is 6.26. The second-order valence-electron chi connectivity index (χ2n) is 7.39. The molecule has 1 aromatic heterocycles. The van der Waals surface area contributed by atoms with Crippen molar-refractivity contribution in [2.75, 3.05) is 23.7 Å². The Balaban J connectivity index is 1.74. The molecule has 0 aliphatic carbocycles. The fraction of sp³-hybridized carbons (Fsp3) is 0.227. The van der Waals surface area contributed by atoms with Crippen molar-refractivity contribution in [3.05, 3.63) is 57.8 Å². The Morgan fingerprint density at radius 1 is 1.17 bits per heavy atom. The highest BCUT2D eigenvalue weighted by Crippen LogP contribution is 2.27. The molecule has 0 aliphatic heterocycles. The van der Waals surface area contributed by atoms with Crippen molar-refractivity contribution in [1.82, 2.24) is 14.9 Å². The number of halogens is 2. The number of benzene rings is 2. The number of carbonyl (C=O) groups is 2. The van der Waals surface area contributed by atoms with Crippen molar-refractivity contribution in [1.29, 1.82) is 0 Å². The lowest BCUT2D eigenvalue weighted by molar-refractivity contribution is -0.116. The van der Waals surface area contributed by atoms with E-state index in [1.165, 1.54) is 36.1 Å². The SMILES string of the molecule is COc1cc(C(=O)C/C(CCC(=O)Nc2ccc(Cl)cc2Cl)=N/Nc2nnc(C)n2N)ccc1O. The van der Waals surface area contributed by atoms with Crippen LogP contribution in [0.2, 0.25) is 10.0 Å². The first-order chi connectivity index (χ1) is 16.7. The number of anilines is 2. The summed E-state index contributed by atoms with van der Waals surface area (Å²) in [6.45, 7) is 1.66. The molecular weight excluding hydrogens is 497 g/mol. The van der Waals surface area contributed by atoms with Gasteiger partial charge in [-0.3, -0.25) is 9.59 Å². The summed E-state index contributed by atoms with van der Waals surface area (Å²) in [4.78, 5) is 25.4. The number of phenols is 1. The third kappa shape index (κ3) is 6.84. The number of ether oxygens (including phenoxy) is 1. The quantitative estimate of drug-likeness (QED) is 0.136. The van der Waals surface area contributed by atoms with Crippen LogP contribution in [0.4, 0.5) is 11.6 Å². The minimum atomic E-state index is -0.335. The molecule has 0 spiro atoms. The number of aromatic hydroxyl groups is 1. The summed E-state index contributed by atoms with van der Waals surface area (Å²) in [5.74, 6) is 5.89. The van der Waals surface area contributed by atoms with Crippen LogP contribution in [0.5, 0.6) is 11.5 Å². The van der Waals surface area contributed by atoms with Crippen LogP contribution in [0, 0.1) is 6.92 Å². The van der Waals surface area contributed by atoms with Crippen LogP contribution in [0.3, 0.4) is 0 Å². The van der Waals surface area contributed by atoms with Crippen molar-refractivity contribution >= 4 is 52.2 Å². The normalized spacial score (nSPS) is 11.3. The molecule has 3 aromatic rings. The van der Waals surface area contributed by atoms with Crippen molar-refractivity contribution in [3.63, 3.8) is 0 Å². The number of aryl methyl sites for hydroxylation is 1. The Labute approximate surface area is 210 Å². The number of hydrogen-bond acceptors (Lipinski definition) is 9. The van der Waals surface area contributed by atoms with Gasteiger partial charge >= 0.3 is 0 Å². The van der Waals surface area contributed by atoms with Crippen molar-refractivity contribution in [2.45, 2.75) is 26.2 Å². The van der Waals surface area contributed by atoms with E-state index in [0.29, 0.717) is 32.8 Å². The number of nitrogens with zero attached hydrogens (tertiary/aromatic N) is 4. The van der Waals surface area contributed by atoms with E-state index in [-0.39, 0.29) is 48.4 Å². The fourth-order valence-corrected chi connectivity index (χ4v) is 3.41. The minimum absolute atomic E-state index is 0.0139. The van der Waals surface area contributed by atoms with Crippen LogP contribution >= 0.6 is 23.2 Å². The number of carbonyl (C=O) groups excluding carboxylic acids is 2. The van der Waals surface area contributed by atoms with Gasteiger partial charge in [0.2, 0.25) is 5.91 Å². The summed E-state index contributed by atoms with van der Waals surface area (Å²) >= 11 is 12.0. The summed E-state index contributed by atoms with van der Waals surface area (Å²) in [7, 11) is 1.39. The number of phenolic OH excluding ortho intramolecular Hbond substituents is 1. The van der Waals surface area contributed by atoms with E-state index in [1.54, 1.807) is 19.1 Å². The number of rotatable bonds is 10. The van der Waals surface area contributed by atoms with Gasteiger partial charge < -0.3 is 21.0 Å². The van der Waals surface area contributed by atoms with Gasteiger partial charge in [0.05, 0.1) is 24.2 Å². The van der Waals surface area contributed by atoms with Gasteiger partial charge in [0.15, 0.2) is 23.1 Å². The Kier molecular flexibility index (Phi) is 8.50. The summed E-state index contributed by atoms with van der Waals surface area (Å²) in [5, 5.41) is 25.2. The molecule has 0 unspecified atom stereocenters. The summed E-state index contributed by atoms with van der Waals surface area (Å²) in [5.41, 5.74) is 3.76. The zero-order valence-corrected chi connectivity index (χ0v) is 20.4. The molecule has 0 saturated carbocycles. The molecule has 13 heteroatoms. The van der Waals surface area contributed by atoms with Crippen LogP contribution in [0.1, 0.15) is 35.4 Å². The third-order valence-electron chi connectivity index (χ3n) is 4.89. The number of Topliss-reactive ketones (excluding diaryl/α,β-unsaturated/α-hetero) is 1. The van der Waals surface area contributed by atoms with Crippen molar-refractivity contribution in [2.24, 2.45) is 5.10 Å². The highest BCUT2D eigenvalue weighted by molar-refractivity contribution is 6.36. The number of aromatic nitrogens is 3. The Morgan fingerprint density at radius 3 is 2.60 bits per heavy atom. The molecule has 0 aliphatic rings. The van der Waals surface area contributed by atoms with Gasteiger partial charge in [-0.1, -0.05) is 23.2 Å². The molecule has 5 N–H and O–H groups in total. The van der Waals surface area contributed by atoms with E-state index in [9.17, 15) is 14.7 Å². The number of ketones is 1. The molecule has 184 valence electrons. The molecule has 35 heavy (non-hydrogen) atoms. The maximum Gasteiger partial charge on any atom is 0.263 e. The average molecular weight is 520 g/mol. The number of hydrazone groups is 1. The molecule has 0 atom stereocenters. The molecule has 0 radical (unpaired) electrons. The lowest BCUT2D eigenvalue weighted by Gasteiger charge is -2.10. The second kappa shape index (κ2) is 11.5. The lowest BCUT2D eigenvalue weighted by atomic mass is 10.0. The van der Waals surface area contributed by atoms with E-state index in [4.69, 9.17) is 33.8 Å². The zero-order chi connectivity index (χ0) is 25.5. The van der Waals surface area contributed by atoms with E-state index < -0.39 is 0 Å². The number of methoxy groups -OCH3 is 1. The highest BCUT2D eigenvalue weighted by Gasteiger charge is 2.16. The smallest absolute Gasteiger partial charge is 0.263 e. The Hall–Kier alpha value is -3.83. The van der Waals surface area contributed by atoms with E-state index >= 15 is 0 Å². The molecule has 1 amide bonds. The predicted octanol–water partition coefficient (Wildman–Crippen LogP) is 3.78. The van der Waals surface area contributed by atoms with E-state index in [2.05, 4.69) is 26.0 Å². The zero-order valence-electron chi connectivity index (χ0n) is 18.9. The number of nitrogens with one attached hydrogen (secondary N) is 2. The van der Waals surface area contributed by atoms with E-state index in [0.717, 1.165) is 0 Å². The van der Waals surface area contributed by atoms with Gasteiger partial charge in [-0.2, -0.15) is 5.10 Å². The largest absolute Gasteiger partial charge is 0.504 e. The third-order valence-corrected chi connectivity index (χ3v) is 5.44. The maximum absolute atomic E-state index is 12.9. The van der Waals surface area contributed by atoms with Gasteiger partial charge in [-0.25, -0.2) is 10.1 Å². The molecule has 11 nitrogen and oxygen atoms in total. The van der Waals surface area contributed by atoms with Crippen molar-refractivity contribution < 1.29 is 19.4 Å². The minimum Gasteiger partial charge on any atom is -0.504 e. The molecule has 2 aromatic carbocycles. The van der Waals surface area contributed by atoms with Gasteiger partial charge in [0.1, 0.15) is 0 Å². The first kappa shape index (κ1) is 25.8. The van der Waals surface area contributed by atoms with Gasteiger partial charge in [-0.15, -0.1) is 10.2 Å². The fourth-order valence-electron chi connectivity index (χ4n) is 2.96. The maximum atomic E-state index is 12.9. The van der Waals surface area contributed by atoms with E-state index in [1.807, 2.05) is 0 Å². The molecule has 0 fully saturated rings. The number of nitrogen functional groups attached to an aromatic ring is 1. The van der Waals surface area contributed by atoms with Crippen LogP contribution in [0.15, 0.2) is 41.5 Å². The van der Waals surface area contributed by atoms with Gasteiger partial charge in [0, 0.05) is 22.7 Å². The van der Waals surface area contributed by atoms with Gasteiger partial charge in [0.25, 0.3) is 5.95 Å². The molecule has 0 saturated heterocycles. The number of amides is 1. The van der Waals surface area contributed by atoms with Crippen LogP contribution in [-0.4, -0.2) is 44.5 Å². The molecule has 0 bridgehead atoms. The lowest BCUT2D eigenvalue weighted by Crippen LogP contribution is -2.18. The molecule has 3 rings (SSSR count). The monoisotopic (exact) mass is 519 g/mol. The summed E-state index contributed by atoms with van der Waals surface area (Å²) in [6, 6.07) is 8.99. The summed E-state index contributed by atoms with van der Waals surface area (Å²) in [6.07, 6.45) is 0.0380.